The van der Waals surface area contributed by atoms with Crippen molar-refractivity contribution in [3.63, 3.8) is 0 Å². The van der Waals surface area contributed by atoms with Crippen molar-refractivity contribution >= 4 is 11.8 Å². The van der Waals surface area contributed by atoms with E-state index < -0.39 is 17.8 Å². The Hall–Kier alpha value is -1.64. The predicted molar refractivity (Wildman–Crippen MR) is 89.3 cm³/mol. The number of rotatable bonds is 7. The van der Waals surface area contributed by atoms with E-state index in [1.165, 1.54) is 0 Å². The number of Topliss-reactive ketones (excluding diaryl/α,β-unsaturated/α-hetero) is 1. The summed E-state index contributed by atoms with van der Waals surface area (Å²) in [5, 5.41) is 9.55. The van der Waals surface area contributed by atoms with Crippen LogP contribution in [0.15, 0.2) is 12.1 Å². The third kappa shape index (κ3) is 3.96. The number of hydrogen-bond acceptors (Lipinski definition) is 2. The van der Waals surface area contributed by atoms with Crippen molar-refractivity contribution < 1.29 is 14.7 Å². The van der Waals surface area contributed by atoms with Crippen LogP contribution < -0.4 is 0 Å². The highest BCUT2D eigenvalue weighted by Crippen LogP contribution is 2.31. The molecular weight excluding hydrogens is 276 g/mol. The molecule has 122 valence electrons. The third-order valence-electron chi connectivity index (χ3n) is 4.29. The molecule has 3 nitrogen and oxygen atoms in total. The van der Waals surface area contributed by atoms with Crippen LogP contribution in [0.5, 0.6) is 0 Å². The largest absolute Gasteiger partial charge is 0.481 e. The highest BCUT2D eigenvalue weighted by molar-refractivity contribution is 6.02. The molecule has 0 aliphatic rings. The van der Waals surface area contributed by atoms with E-state index in [0.29, 0.717) is 12.0 Å². The Labute approximate surface area is 133 Å². The molecule has 0 fully saturated rings. The standard InChI is InChI=1S/C19H28O3/c1-7-8-15(19(21)22)16(11(2)3)18(20)17-13(5)9-12(4)10-14(17)6/h9-11,15-16H,7-8H2,1-6H3,(H,21,22). The molecule has 1 aromatic rings. The van der Waals surface area contributed by atoms with Gasteiger partial charge in [-0.25, -0.2) is 0 Å². The molecule has 0 aromatic heterocycles. The molecule has 2 atom stereocenters. The van der Waals surface area contributed by atoms with Crippen LogP contribution in [-0.2, 0) is 4.79 Å². The normalized spacial score (nSPS) is 14.0. The second kappa shape index (κ2) is 7.57. The maximum Gasteiger partial charge on any atom is 0.307 e. The molecule has 1 aromatic carbocycles. The molecule has 0 amide bonds. The zero-order valence-corrected chi connectivity index (χ0v) is 14.6. The van der Waals surface area contributed by atoms with Gasteiger partial charge in [-0.15, -0.1) is 0 Å². The molecule has 0 saturated heterocycles. The van der Waals surface area contributed by atoms with Crippen LogP contribution in [0.4, 0.5) is 0 Å². The Morgan fingerprint density at radius 1 is 1.09 bits per heavy atom. The van der Waals surface area contributed by atoms with E-state index in [2.05, 4.69) is 0 Å². The molecule has 0 saturated carbocycles. The van der Waals surface area contributed by atoms with Crippen molar-refractivity contribution in [1.29, 1.82) is 0 Å². The van der Waals surface area contributed by atoms with Crippen LogP contribution in [0.1, 0.15) is 60.7 Å². The molecule has 1 N–H and O–H groups in total. The van der Waals surface area contributed by atoms with E-state index in [9.17, 15) is 14.7 Å². The number of carbonyl (C=O) groups is 2. The molecule has 0 spiro atoms. The number of aliphatic carboxylic acids is 1. The van der Waals surface area contributed by atoms with E-state index in [-0.39, 0.29) is 11.7 Å². The first-order valence-electron chi connectivity index (χ1n) is 8.05. The van der Waals surface area contributed by atoms with Gasteiger partial charge < -0.3 is 5.11 Å². The second-order valence-electron chi connectivity index (χ2n) is 6.64. The van der Waals surface area contributed by atoms with Crippen LogP contribution >= 0.6 is 0 Å². The topological polar surface area (TPSA) is 54.4 Å². The smallest absolute Gasteiger partial charge is 0.307 e. The van der Waals surface area contributed by atoms with Crippen molar-refractivity contribution in [2.45, 2.75) is 54.4 Å². The number of carbonyl (C=O) groups excluding carboxylic acids is 1. The molecule has 0 aliphatic heterocycles. The number of hydrogen-bond donors (Lipinski definition) is 1. The summed E-state index contributed by atoms with van der Waals surface area (Å²) in [6, 6.07) is 3.99. The van der Waals surface area contributed by atoms with Crippen molar-refractivity contribution in [3.8, 4) is 0 Å². The van der Waals surface area contributed by atoms with Gasteiger partial charge >= 0.3 is 5.97 Å². The van der Waals surface area contributed by atoms with Gasteiger partial charge in [0.2, 0.25) is 0 Å². The summed E-state index contributed by atoms with van der Waals surface area (Å²) in [5.41, 5.74) is 3.70. The average Bonchev–Trinajstić information content (AvgIpc) is 2.36. The van der Waals surface area contributed by atoms with Crippen LogP contribution in [0.25, 0.3) is 0 Å². The zero-order valence-electron chi connectivity index (χ0n) is 14.6. The van der Waals surface area contributed by atoms with E-state index in [1.807, 2.05) is 53.7 Å². The Morgan fingerprint density at radius 3 is 1.95 bits per heavy atom. The SMILES string of the molecule is CCCC(C(=O)O)C(C(=O)c1c(C)cc(C)cc1C)C(C)C. The second-order valence-corrected chi connectivity index (χ2v) is 6.64. The molecule has 1 rings (SSSR count). The molecule has 0 radical (unpaired) electrons. The fourth-order valence-corrected chi connectivity index (χ4v) is 3.45. The van der Waals surface area contributed by atoms with Gasteiger partial charge in [0.15, 0.2) is 5.78 Å². The Morgan fingerprint density at radius 2 is 1.59 bits per heavy atom. The van der Waals surface area contributed by atoms with Gasteiger partial charge in [-0.05, 0) is 44.2 Å². The van der Waals surface area contributed by atoms with Crippen LogP contribution in [-0.4, -0.2) is 16.9 Å². The lowest BCUT2D eigenvalue weighted by molar-refractivity contribution is -0.144. The molecule has 0 bridgehead atoms. The van der Waals surface area contributed by atoms with Crippen LogP contribution in [0.2, 0.25) is 0 Å². The van der Waals surface area contributed by atoms with E-state index in [0.717, 1.165) is 23.1 Å². The van der Waals surface area contributed by atoms with Gasteiger partial charge in [0.05, 0.1) is 5.92 Å². The van der Waals surface area contributed by atoms with Gasteiger partial charge in [-0.1, -0.05) is 44.9 Å². The number of carboxylic acids is 1. The maximum atomic E-state index is 13.1. The van der Waals surface area contributed by atoms with Crippen molar-refractivity contribution in [3.05, 3.63) is 34.4 Å². The Bertz CT molecular complexity index is 535. The summed E-state index contributed by atoms with van der Waals surface area (Å²) in [6.07, 6.45) is 1.30. The van der Waals surface area contributed by atoms with Gasteiger partial charge in [0, 0.05) is 11.5 Å². The highest BCUT2D eigenvalue weighted by Gasteiger charge is 2.36. The van der Waals surface area contributed by atoms with Gasteiger partial charge in [-0.3, -0.25) is 9.59 Å². The Balaban J connectivity index is 3.33. The predicted octanol–water partition coefficient (Wildman–Crippen LogP) is 4.57. The molecule has 0 heterocycles. The summed E-state index contributed by atoms with van der Waals surface area (Å²) < 4.78 is 0. The van der Waals surface area contributed by atoms with Crippen LogP contribution in [0, 0.1) is 38.5 Å². The summed E-state index contributed by atoms with van der Waals surface area (Å²) in [5.74, 6) is -1.97. The first-order valence-corrected chi connectivity index (χ1v) is 8.05. The monoisotopic (exact) mass is 304 g/mol. The van der Waals surface area contributed by atoms with Crippen molar-refractivity contribution in [2.24, 2.45) is 17.8 Å². The minimum absolute atomic E-state index is 0.000234. The van der Waals surface area contributed by atoms with E-state index in [4.69, 9.17) is 0 Å². The van der Waals surface area contributed by atoms with Gasteiger partial charge in [0.1, 0.15) is 0 Å². The molecule has 22 heavy (non-hydrogen) atoms. The molecular formula is C19H28O3. The van der Waals surface area contributed by atoms with E-state index >= 15 is 0 Å². The van der Waals surface area contributed by atoms with Crippen molar-refractivity contribution in [1.82, 2.24) is 0 Å². The highest BCUT2D eigenvalue weighted by atomic mass is 16.4. The number of ketones is 1. The molecule has 0 aliphatic carbocycles. The fourth-order valence-electron chi connectivity index (χ4n) is 3.45. The first kappa shape index (κ1) is 18.4. The quantitative estimate of drug-likeness (QED) is 0.751. The van der Waals surface area contributed by atoms with E-state index in [1.54, 1.807) is 0 Å². The summed E-state index contributed by atoms with van der Waals surface area (Å²) >= 11 is 0. The third-order valence-corrected chi connectivity index (χ3v) is 4.29. The van der Waals surface area contributed by atoms with Crippen molar-refractivity contribution in [2.75, 3.05) is 0 Å². The number of carboxylic acid groups (broad SMARTS) is 1. The number of aryl methyl sites for hydroxylation is 3. The van der Waals surface area contributed by atoms with Gasteiger partial charge in [0.25, 0.3) is 0 Å². The minimum atomic E-state index is -0.865. The lowest BCUT2D eigenvalue weighted by Crippen LogP contribution is -2.34. The summed E-state index contributed by atoms with van der Waals surface area (Å²) in [4.78, 5) is 24.7. The number of benzene rings is 1. The zero-order chi connectivity index (χ0) is 17.0. The summed E-state index contributed by atoms with van der Waals surface area (Å²) in [7, 11) is 0. The summed E-state index contributed by atoms with van der Waals surface area (Å²) in [6.45, 7) is 11.7. The minimum Gasteiger partial charge on any atom is -0.481 e. The maximum absolute atomic E-state index is 13.1. The van der Waals surface area contributed by atoms with Gasteiger partial charge in [-0.2, -0.15) is 0 Å². The lowest BCUT2D eigenvalue weighted by Gasteiger charge is -2.27. The van der Waals surface area contributed by atoms with Crippen LogP contribution in [0.3, 0.4) is 0 Å². The fraction of sp³-hybridized carbons (Fsp3) is 0.579. The average molecular weight is 304 g/mol. The lowest BCUT2D eigenvalue weighted by atomic mass is 9.75. The first-order chi connectivity index (χ1) is 10.2. The molecule has 2 unspecified atom stereocenters. The molecule has 3 heteroatoms. The Kier molecular flexibility index (Phi) is 6.34.